The molecule has 1 aromatic heterocycles. The highest BCUT2D eigenvalue weighted by molar-refractivity contribution is 7.99. The van der Waals surface area contributed by atoms with Crippen molar-refractivity contribution >= 4 is 17.7 Å². The van der Waals surface area contributed by atoms with Gasteiger partial charge in [-0.05, 0) is 48.4 Å². The third-order valence-corrected chi connectivity index (χ3v) is 6.09. The van der Waals surface area contributed by atoms with Crippen LogP contribution in [0.15, 0.2) is 47.6 Å². The first-order chi connectivity index (χ1) is 13.2. The van der Waals surface area contributed by atoms with Crippen LogP contribution < -0.4 is 19.5 Å². The maximum Gasteiger partial charge on any atom is 0.251 e. The van der Waals surface area contributed by atoms with Crippen molar-refractivity contribution in [1.82, 2.24) is 5.32 Å². The van der Waals surface area contributed by atoms with Crippen molar-refractivity contribution < 1.29 is 19.0 Å². The van der Waals surface area contributed by atoms with E-state index in [1.54, 1.807) is 18.2 Å². The van der Waals surface area contributed by atoms with Crippen molar-refractivity contribution in [2.24, 2.45) is 0 Å². The molecule has 1 fully saturated rings. The molecular formula is C20H22N2O4S. The number of amides is 1. The smallest absolute Gasteiger partial charge is 0.251 e. The van der Waals surface area contributed by atoms with Gasteiger partial charge in [-0.25, -0.2) is 0 Å². The average Bonchev–Trinajstić information content (AvgIpc) is 3.16. The second kappa shape index (κ2) is 7.68. The van der Waals surface area contributed by atoms with Gasteiger partial charge in [-0.1, -0.05) is 18.9 Å². The first-order valence-corrected chi connectivity index (χ1v) is 10.2. The Bertz CT molecular complexity index is 836. The second-order valence-corrected chi connectivity index (χ2v) is 7.84. The van der Waals surface area contributed by atoms with E-state index in [2.05, 4.69) is 5.32 Å². The summed E-state index contributed by atoms with van der Waals surface area (Å²) in [6.45, 7) is 1.10. The van der Waals surface area contributed by atoms with Crippen LogP contribution in [0.5, 0.6) is 11.5 Å². The van der Waals surface area contributed by atoms with Gasteiger partial charge in [-0.2, -0.15) is 4.73 Å². The van der Waals surface area contributed by atoms with E-state index in [0.29, 0.717) is 18.2 Å². The SMILES string of the molecule is O=C(CSc1cccc[n+]1[O-])NC1(c2ccc3c(c2)OCCO3)CCCC1. The Hall–Kier alpha value is -2.41. The van der Waals surface area contributed by atoms with E-state index in [-0.39, 0.29) is 17.2 Å². The normalized spacial score (nSPS) is 17.5. The van der Waals surface area contributed by atoms with Gasteiger partial charge in [0.1, 0.15) is 13.2 Å². The van der Waals surface area contributed by atoms with E-state index in [1.165, 1.54) is 18.0 Å². The molecule has 2 heterocycles. The van der Waals surface area contributed by atoms with Crippen molar-refractivity contribution in [3.8, 4) is 11.5 Å². The molecular weight excluding hydrogens is 364 g/mol. The lowest BCUT2D eigenvalue weighted by Crippen LogP contribution is -2.44. The van der Waals surface area contributed by atoms with E-state index in [4.69, 9.17) is 9.47 Å². The fraction of sp³-hybridized carbons (Fsp3) is 0.400. The number of nitrogens with one attached hydrogen (secondary N) is 1. The van der Waals surface area contributed by atoms with Gasteiger partial charge in [-0.15, -0.1) is 0 Å². The van der Waals surface area contributed by atoms with Crippen molar-refractivity contribution in [3.63, 3.8) is 0 Å². The number of thioether (sulfide) groups is 1. The lowest BCUT2D eigenvalue weighted by Gasteiger charge is -2.32. The molecule has 0 spiro atoms. The van der Waals surface area contributed by atoms with Gasteiger partial charge in [0, 0.05) is 12.1 Å². The van der Waals surface area contributed by atoms with E-state index in [1.807, 2.05) is 18.2 Å². The first-order valence-electron chi connectivity index (χ1n) is 9.18. The van der Waals surface area contributed by atoms with Crippen LogP contribution in [0.2, 0.25) is 0 Å². The second-order valence-electron chi connectivity index (χ2n) is 6.85. The van der Waals surface area contributed by atoms with Gasteiger partial charge in [0.25, 0.3) is 5.03 Å². The van der Waals surface area contributed by atoms with Crippen LogP contribution >= 0.6 is 11.8 Å². The first kappa shape index (κ1) is 18.0. The number of rotatable bonds is 5. The zero-order valence-electron chi connectivity index (χ0n) is 15.0. The molecule has 0 radical (unpaired) electrons. The molecule has 1 amide bonds. The number of aromatic nitrogens is 1. The molecule has 27 heavy (non-hydrogen) atoms. The zero-order valence-corrected chi connectivity index (χ0v) is 15.8. The molecule has 2 aromatic rings. The van der Waals surface area contributed by atoms with E-state index in [9.17, 15) is 10.0 Å². The summed E-state index contributed by atoms with van der Waals surface area (Å²) in [5.74, 6) is 1.63. The molecule has 1 saturated carbocycles. The van der Waals surface area contributed by atoms with Crippen LogP contribution in [0.1, 0.15) is 31.2 Å². The molecule has 0 bridgehead atoms. The minimum atomic E-state index is -0.377. The standard InChI is InChI=1S/C20H22N2O4S/c23-18(14-27-19-5-1-4-10-22(19)24)21-20(8-2-3-9-20)15-6-7-16-17(13-15)26-12-11-25-16/h1,4-7,10,13H,2-3,8-9,11-12,14H2,(H,21,23). The van der Waals surface area contributed by atoms with Gasteiger partial charge in [0.2, 0.25) is 5.91 Å². The van der Waals surface area contributed by atoms with Crippen LogP contribution in [0.3, 0.4) is 0 Å². The largest absolute Gasteiger partial charge is 0.618 e. The molecule has 0 unspecified atom stereocenters. The fourth-order valence-electron chi connectivity index (χ4n) is 3.77. The minimum absolute atomic E-state index is 0.0688. The summed E-state index contributed by atoms with van der Waals surface area (Å²) >= 11 is 1.25. The summed E-state index contributed by atoms with van der Waals surface area (Å²) < 4.78 is 12.1. The molecule has 1 aliphatic heterocycles. The monoisotopic (exact) mass is 386 g/mol. The number of hydrogen-bond acceptors (Lipinski definition) is 5. The molecule has 2 aliphatic rings. The zero-order chi connectivity index (χ0) is 18.7. The Kier molecular flexibility index (Phi) is 5.11. The maximum absolute atomic E-state index is 12.7. The quantitative estimate of drug-likeness (QED) is 0.486. The topological polar surface area (TPSA) is 74.5 Å². The van der Waals surface area contributed by atoms with E-state index < -0.39 is 0 Å². The van der Waals surface area contributed by atoms with Crippen LogP contribution in [-0.2, 0) is 10.3 Å². The summed E-state index contributed by atoms with van der Waals surface area (Å²) in [5, 5.41) is 15.5. The summed E-state index contributed by atoms with van der Waals surface area (Å²) in [5.41, 5.74) is 0.679. The summed E-state index contributed by atoms with van der Waals surface area (Å²) in [6.07, 6.45) is 5.38. The minimum Gasteiger partial charge on any atom is -0.618 e. The third kappa shape index (κ3) is 3.83. The highest BCUT2D eigenvalue weighted by atomic mass is 32.2. The number of carbonyl (C=O) groups excluding carboxylic acids is 1. The Balaban J connectivity index is 1.49. The highest BCUT2D eigenvalue weighted by Crippen LogP contribution is 2.42. The number of carbonyl (C=O) groups is 1. The van der Waals surface area contributed by atoms with Crippen molar-refractivity contribution in [2.45, 2.75) is 36.2 Å². The number of nitrogens with zero attached hydrogens (tertiary/aromatic N) is 1. The Labute approximate surface area is 162 Å². The lowest BCUT2D eigenvalue weighted by molar-refractivity contribution is -0.645. The van der Waals surface area contributed by atoms with Gasteiger partial charge in [-0.3, -0.25) is 4.79 Å². The Morgan fingerprint density at radius 1 is 1.15 bits per heavy atom. The molecule has 6 nitrogen and oxygen atoms in total. The molecule has 7 heteroatoms. The van der Waals surface area contributed by atoms with E-state index >= 15 is 0 Å². The molecule has 1 aliphatic carbocycles. The van der Waals surface area contributed by atoms with Gasteiger partial charge >= 0.3 is 0 Å². The predicted molar refractivity (Wildman–Crippen MR) is 102 cm³/mol. The summed E-state index contributed by atoms with van der Waals surface area (Å²) in [4.78, 5) is 12.7. The number of hydrogen-bond donors (Lipinski definition) is 1. The van der Waals surface area contributed by atoms with Gasteiger partial charge < -0.3 is 20.0 Å². The van der Waals surface area contributed by atoms with E-state index in [0.717, 1.165) is 47.5 Å². The van der Waals surface area contributed by atoms with Gasteiger partial charge in [0.15, 0.2) is 17.7 Å². The number of pyridine rings is 1. The third-order valence-electron chi connectivity index (χ3n) is 5.07. The Morgan fingerprint density at radius 3 is 2.70 bits per heavy atom. The molecule has 0 saturated heterocycles. The maximum atomic E-state index is 12.7. The molecule has 1 N–H and O–H groups in total. The highest BCUT2D eigenvalue weighted by Gasteiger charge is 2.37. The lowest BCUT2D eigenvalue weighted by atomic mass is 9.87. The molecule has 142 valence electrons. The van der Waals surface area contributed by atoms with Crippen LogP contribution in [0.25, 0.3) is 0 Å². The molecule has 0 atom stereocenters. The van der Waals surface area contributed by atoms with Crippen LogP contribution in [0.4, 0.5) is 0 Å². The molecule has 1 aromatic carbocycles. The van der Waals surface area contributed by atoms with Crippen molar-refractivity contribution in [3.05, 3.63) is 53.4 Å². The van der Waals surface area contributed by atoms with Crippen LogP contribution in [0, 0.1) is 5.21 Å². The average molecular weight is 386 g/mol. The number of benzene rings is 1. The molecule has 4 rings (SSSR count). The number of fused-ring (bicyclic) bond motifs is 1. The van der Waals surface area contributed by atoms with Crippen molar-refractivity contribution in [1.29, 1.82) is 0 Å². The summed E-state index contributed by atoms with van der Waals surface area (Å²) in [7, 11) is 0. The predicted octanol–water partition coefficient (Wildman–Crippen LogP) is 2.77. The summed E-state index contributed by atoms with van der Waals surface area (Å²) in [6, 6.07) is 11.1. The van der Waals surface area contributed by atoms with Gasteiger partial charge in [0.05, 0.1) is 11.3 Å². The Morgan fingerprint density at radius 2 is 1.93 bits per heavy atom. The fourth-order valence-corrected chi connectivity index (χ4v) is 4.49. The van der Waals surface area contributed by atoms with Crippen LogP contribution in [-0.4, -0.2) is 24.9 Å². The number of ether oxygens (including phenoxy) is 2. The van der Waals surface area contributed by atoms with Crippen molar-refractivity contribution in [2.75, 3.05) is 19.0 Å².